The number of phosphoric acid groups is 1. The van der Waals surface area contributed by atoms with Crippen LogP contribution in [0.25, 0.3) is 0 Å². The first-order valence-electron chi connectivity index (χ1n) is 16.8. The van der Waals surface area contributed by atoms with Crippen LogP contribution in [0, 0.1) is 0 Å². The first kappa shape index (κ1) is 40.5. The highest BCUT2D eigenvalue weighted by Gasteiger charge is 2.19. The minimum Gasteiger partial charge on any atom is -0.756 e. The fraction of sp³-hybridized carbons (Fsp3) is 0.969. The zero-order valence-corrected chi connectivity index (χ0v) is 28.4. The van der Waals surface area contributed by atoms with Crippen LogP contribution >= 0.6 is 7.82 Å². The lowest BCUT2D eigenvalue weighted by Crippen LogP contribution is -2.35. The summed E-state index contributed by atoms with van der Waals surface area (Å²) >= 11 is 0. The number of rotatable bonds is 31. The van der Waals surface area contributed by atoms with E-state index in [0.29, 0.717) is 19.4 Å². The van der Waals surface area contributed by atoms with Gasteiger partial charge in [-0.25, -0.2) is 0 Å². The van der Waals surface area contributed by atoms with Gasteiger partial charge in [-0.1, -0.05) is 104 Å². The normalized spacial score (nSPS) is 14.2. The molecule has 41 heavy (non-hydrogen) atoms. The Morgan fingerprint density at radius 3 is 1.66 bits per heavy atom. The summed E-state index contributed by atoms with van der Waals surface area (Å²) in [6.07, 6.45) is 22.0. The first-order valence-corrected chi connectivity index (χ1v) is 18.2. The summed E-state index contributed by atoms with van der Waals surface area (Å²) in [5.74, 6) is -0.378. The van der Waals surface area contributed by atoms with Crippen LogP contribution in [0.3, 0.4) is 0 Å². The minimum absolute atomic E-state index is 0.0983. The molecule has 9 heteroatoms. The van der Waals surface area contributed by atoms with E-state index in [-0.39, 0.29) is 32.2 Å². The van der Waals surface area contributed by atoms with Gasteiger partial charge < -0.3 is 27.9 Å². The van der Waals surface area contributed by atoms with E-state index < -0.39 is 13.9 Å². The van der Waals surface area contributed by atoms with Crippen LogP contribution in [0.5, 0.6) is 0 Å². The van der Waals surface area contributed by atoms with Gasteiger partial charge in [0, 0.05) is 13.0 Å². The molecule has 0 aliphatic heterocycles. The molecule has 0 aromatic heterocycles. The van der Waals surface area contributed by atoms with Gasteiger partial charge >= 0.3 is 5.97 Å². The van der Waals surface area contributed by atoms with E-state index in [2.05, 4.69) is 28.1 Å². The maximum atomic E-state index is 12.2. The molecule has 0 N–H and O–H groups in total. The quantitative estimate of drug-likeness (QED) is 0.0341. The monoisotopic (exact) mass is 607 g/mol. The van der Waals surface area contributed by atoms with Crippen molar-refractivity contribution in [1.82, 2.24) is 0 Å². The lowest BCUT2D eigenvalue weighted by atomic mass is 10.0. The summed E-state index contributed by atoms with van der Waals surface area (Å²) in [4.78, 5) is 24.2. The highest BCUT2D eigenvalue weighted by Crippen LogP contribution is 2.38. The summed E-state index contributed by atoms with van der Waals surface area (Å²) in [5, 5.41) is 0. The van der Waals surface area contributed by atoms with Gasteiger partial charge in [-0.05, 0) is 32.1 Å². The molecule has 1 unspecified atom stereocenters. The molecule has 0 aromatic rings. The highest BCUT2D eigenvalue weighted by atomic mass is 31.2. The highest BCUT2D eigenvalue weighted by molar-refractivity contribution is 7.45. The summed E-state index contributed by atoms with van der Waals surface area (Å²) in [5.41, 5.74) is 0. The largest absolute Gasteiger partial charge is 0.756 e. The van der Waals surface area contributed by atoms with E-state index in [1.807, 2.05) is 6.92 Å². The number of quaternary nitrogens is 1. The van der Waals surface area contributed by atoms with Crippen LogP contribution in [0.4, 0.5) is 0 Å². The summed E-state index contributed by atoms with van der Waals surface area (Å²) in [6, 6.07) is 0. The van der Waals surface area contributed by atoms with Crippen molar-refractivity contribution in [3.8, 4) is 0 Å². The number of hydrogen-bond donors (Lipinski definition) is 0. The SMILES string of the molecule is CCCCCCCCCCCCCCCCOC[C@H](COP(=O)([O-])OCCCCCC[N+](C)(C)C)OC(=O)CCC. The van der Waals surface area contributed by atoms with Gasteiger partial charge in [0.1, 0.15) is 6.10 Å². The fourth-order valence-corrected chi connectivity index (χ4v) is 5.38. The Morgan fingerprint density at radius 1 is 0.659 bits per heavy atom. The van der Waals surface area contributed by atoms with Crippen molar-refractivity contribution in [2.24, 2.45) is 0 Å². The minimum atomic E-state index is -4.46. The van der Waals surface area contributed by atoms with E-state index in [0.717, 1.165) is 43.1 Å². The topological polar surface area (TPSA) is 94.1 Å². The van der Waals surface area contributed by atoms with Crippen molar-refractivity contribution < 1.29 is 37.3 Å². The second-order valence-electron chi connectivity index (χ2n) is 12.5. The Balaban J connectivity index is 3.99. The van der Waals surface area contributed by atoms with E-state index in [4.69, 9.17) is 18.5 Å². The van der Waals surface area contributed by atoms with Crippen LogP contribution in [0.1, 0.15) is 142 Å². The van der Waals surface area contributed by atoms with Gasteiger partial charge in [-0.15, -0.1) is 0 Å². The number of carbonyl (C=O) groups excluding carboxylic acids is 1. The maximum Gasteiger partial charge on any atom is 0.306 e. The van der Waals surface area contributed by atoms with Crippen LogP contribution in [0.15, 0.2) is 0 Å². The Labute approximate surface area is 253 Å². The Bertz CT molecular complexity index is 642. The zero-order valence-electron chi connectivity index (χ0n) is 27.5. The van der Waals surface area contributed by atoms with Crippen LogP contribution in [0.2, 0.25) is 0 Å². The van der Waals surface area contributed by atoms with Crippen molar-refractivity contribution in [1.29, 1.82) is 0 Å². The van der Waals surface area contributed by atoms with E-state index in [1.54, 1.807) is 0 Å². The summed E-state index contributed by atoms with van der Waals surface area (Å²) in [7, 11) is 2.01. The molecule has 0 aliphatic rings. The molecular formula is C32H66NO7P. The molecule has 0 saturated heterocycles. The number of esters is 1. The number of hydrogen-bond acceptors (Lipinski definition) is 7. The number of ether oxygens (including phenoxy) is 2. The third-order valence-electron chi connectivity index (χ3n) is 7.09. The second-order valence-corrected chi connectivity index (χ2v) is 13.9. The van der Waals surface area contributed by atoms with E-state index in [9.17, 15) is 14.3 Å². The predicted octanol–water partition coefficient (Wildman–Crippen LogP) is 7.96. The zero-order chi connectivity index (χ0) is 30.7. The third-order valence-corrected chi connectivity index (χ3v) is 8.05. The average Bonchev–Trinajstić information content (AvgIpc) is 2.90. The molecule has 8 nitrogen and oxygen atoms in total. The molecule has 246 valence electrons. The lowest BCUT2D eigenvalue weighted by Gasteiger charge is -2.26. The molecule has 0 rings (SSSR count). The Kier molecular flexibility index (Phi) is 26.7. The Morgan fingerprint density at radius 2 is 1.15 bits per heavy atom. The van der Waals surface area contributed by atoms with Gasteiger partial charge in [0.15, 0.2) is 0 Å². The smallest absolute Gasteiger partial charge is 0.306 e. The summed E-state index contributed by atoms with van der Waals surface area (Å²) in [6.45, 7) is 5.71. The fourth-order valence-electron chi connectivity index (χ4n) is 4.61. The molecule has 0 heterocycles. The lowest BCUT2D eigenvalue weighted by molar-refractivity contribution is -0.870. The van der Waals surface area contributed by atoms with Crippen LogP contribution < -0.4 is 4.89 Å². The average molecular weight is 608 g/mol. The number of phosphoric ester groups is 1. The standard InChI is InChI=1S/C32H66NO7P/c1-6-8-9-10-11-12-13-14-15-16-17-18-20-23-27-37-29-31(40-32(34)25-7-2)30-39-41(35,36)38-28-24-21-19-22-26-33(3,4)5/h31H,6-30H2,1-5H3/t31-/m1/s1. The van der Waals surface area contributed by atoms with E-state index >= 15 is 0 Å². The summed E-state index contributed by atoms with van der Waals surface area (Å²) < 4.78 is 34.3. The number of carbonyl (C=O) groups is 1. The molecule has 0 bridgehead atoms. The number of nitrogens with zero attached hydrogens (tertiary/aromatic N) is 1. The van der Waals surface area contributed by atoms with E-state index in [1.165, 1.54) is 77.0 Å². The molecule has 2 atom stereocenters. The van der Waals surface area contributed by atoms with Crippen molar-refractivity contribution in [2.75, 3.05) is 54.1 Å². The van der Waals surface area contributed by atoms with Crippen LogP contribution in [-0.2, 0) is 27.9 Å². The second kappa shape index (κ2) is 27.1. The molecule has 0 radical (unpaired) electrons. The third kappa shape index (κ3) is 30.8. The van der Waals surface area contributed by atoms with Crippen LogP contribution in [-0.4, -0.2) is 70.7 Å². The van der Waals surface area contributed by atoms with Gasteiger partial charge in [0.2, 0.25) is 0 Å². The number of unbranched alkanes of at least 4 members (excludes halogenated alkanes) is 16. The van der Waals surface area contributed by atoms with Gasteiger partial charge in [0.05, 0.1) is 47.5 Å². The molecule has 0 spiro atoms. The molecule has 0 saturated carbocycles. The molecule has 0 amide bonds. The van der Waals surface area contributed by atoms with Crippen molar-refractivity contribution >= 4 is 13.8 Å². The van der Waals surface area contributed by atoms with Gasteiger partial charge in [0.25, 0.3) is 7.82 Å². The molecule has 0 fully saturated rings. The van der Waals surface area contributed by atoms with Gasteiger partial charge in [-0.3, -0.25) is 9.36 Å². The molecule has 0 aromatic carbocycles. The van der Waals surface area contributed by atoms with Crippen molar-refractivity contribution in [3.63, 3.8) is 0 Å². The van der Waals surface area contributed by atoms with Gasteiger partial charge in [-0.2, -0.15) is 0 Å². The Hall–Kier alpha value is -0.500. The molecular weight excluding hydrogens is 541 g/mol. The van der Waals surface area contributed by atoms with Crippen molar-refractivity contribution in [3.05, 3.63) is 0 Å². The molecule has 0 aliphatic carbocycles. The first-order chi connectivity index (χ1) is 19.6. The van der Waals surface area contributed by atoms with Crippen molar-refractivity contribution in [2.45, 2.75) is 148 Å². The maximum absolute atomic E-state index is 12.2. The predicted molar refractivity (Wildman–Crippen MR) is 167 cm³/mol.